The van der Waals surface area contributed by atoms with Crippen LogP contribution in [-0.4, -0.2) is 17.5 Å². The Kier molecular flexibility index (Phi) is 4.02. The number of carbonyl (C=O) groups excluding carboxylic acids is 1. The van der Waals surface area contributed by atoms with E-state index in [0.717, 1.165) is 9.64 Å². The fourth-order valence-corrected chi connectivity index (χ4v) is 2.07. The number of hydrogen-bond acceptors (Lipinski definition) is 3. The standard InChI is InChI=1S/C12H8F3IN2O2/c13-12(14,15)10-4-9(20-5-11(17)19)7-3-6(16)1-2-8(7)18-10/h1-4H,5H2,(H2,17,19). The van der Waals surface area contributed by atoms with Crippen molar-refractivity contribution in [1.82, 2.24) is 4.98 Å². The predicted molar refractivity (Wildman–Crippen MR) is 74.2 cm³/mol. The molecule has 0 fully saturated rings. The second kappa shape index (κ2) is 5.43. The first kappa shape index (κ1) is 14.8. The van der Waals surface area contributed by atoms with Gasteiger partial charge in [-0.25, -0.2) is 4.98 Å². The van der Waals surface area contributed by atoms with Crippen molar-refractivity contribution in [2.45, 2.75) is 6.18 Å². The molecule has 0 aliphatic heterocycles. The molecule has 0 aliphatic rings. The largest absolute Gasteiger partial charge is 0.483 e. The fraction of sp³-hybridized carbons (Fsp3) is 0.167. The van der Waals surface area contributed by atoms with Crippen molar-refractivity contribution in [3.8, 4) is 5.75 Å². The molecule has 0 atom stereocenters. The first-order valence-electron chi connectivity index (χ1n) is 5.36. The minimum absolute atomic E-state index is 0.0698. The summed E-state index contributed by atoms with van der Waals surface area (Å²) in [4.78, 5) is 14.3. The Morgan fingerprint density at radius 1 is 1.35 bits per heavy atom. The monoisotopic (exact) mass is 396 g/mol. The first-order chi connectivity index (χ1) is 9.27. The summed E-state index contributed by atoms with van der Waals surface area (Å²) in [5.41, 5.74) is 4.00. The third kappa shape index (κ3) is 3.30. The van der Waals surface area contributed by atoms with Gasteiger partial charge >= 0.3 is 6.18 Å². The summed E-state index contributed by atoms with van der Waals surface area (Å²) in [7, 11) is 0. The van der Waals surface area contributed by atoms with E-state index in [1.54, 1.807) is 12.1 Å². The molecule has 2 N–H and O–H groups in total. The van der Waals surface area contributed by atoms with Crippen LogP contribution in [0.1, 0.15) is 5.69 Å². The summed E-state index contributed by atoms with van der Waals surface area (Å²) < 4.78 is 44.1. The lowest BCUT2D eigenvalue weighted by Crippen LogP contribution is -2.20. The smallest absolute Gasteiger partial charge is 0.433 e. The van der Waals surface area contributed by atoms with Gasteiger partial charge in [0.1, 0.15) is 11.4 Å². The summed E-state index contributed by atoms with van der Waals surface area (Å²) in [6, 6.07) is 5.48. The van der Waals surface area contributed by atoms with Crippen molar-refractivity contribution in [3.63, 3.8) is 0 Å². The average Bonchev–Trinajstić information content (AvgIpc) is 2.34. The van der Waals surface area contributed by atoms with Crippen molar-refractivity contribution in [1.29, 1.82) is 0 Å². The SMILES string of the molecule is NC(=O)COc1cc(C(F)(F)F)nc2ccc(I)cc12. The van der Waals surface area contributed by atoms with Crippen LogP contribution in [0.25, 0.3) is 10.9 Å². The number of hydrogen-bond donors (Lipinski definition) is 1. The number of alkyl halides is 3. The molecule has 0 unspecified atom stereocenters. The van der Waals surface area contributed by atoms with Gasteiger partial charge in [0.25, 0.3) is 5.91 Å². The fourth-order valence-electron chi connectivity index (χ4n) is 1.58. The first-order valence-corrected chi connectivity index (χ1v) is 6.44. The van der Waals surface area contributed by atoms with Crippen LogP contribution in [-0.2, 0) is 11.0 Å². The van der Waals surface area contributed by atoms with Crippen molar-refractivity contribution >= 4 is 39.4 Å². The van der Waals surface area contributed by atoms with Crippen molar-refractivity contribution in [3.05, 3.63) is 33.5 Å². The number of primary amides is 1. The molecule has 1 amide bonds. The Hall–Kier alpha value is -1.58. The maximum atomic E-state index is 12.8. The van der Waals surface area contributed by atoms with Gasteiger partial charge in [-0.1, -0.05) is 0 Å². The quantitative estimate of drug-likeness (QED) is 0.812. The number of ether oxygens (including phenoxy) is 1. The molecule has 1 heterocycles. The lowest BCUT2D eigenvalue weighted by Gasteiger charge is -2.12. The number of amides is 1. The van der Waals surface area contributed by atoms with Gasteiger partial charge in [-0.2, -0.15) is 13.2 Å². The predicted octanol–water partition coefficient (Wildman–Crippen LogP) is 2.72. The van der Waals surface area contributed by atoms with Crippen LogP contribution in [0, 0.1) is 3.57 Å². The normalized spacial score (nSPS) is 11.6. The van der Waals surface area contributed by atoms with Gasteiger partial charge in [0.2, 0.25) is 0 Å². The van der Waals surface area contributed by atoms with Gasteiger partial charge in [0.15, 0.2) is 6.61 Å². The number of aromatic nitrogens is 1. The molecule has 0 spiro atoms. The van der Waals surface area contributed by atoms with Crippen LogP contribution in [0.15, 0.2) is 24.3 Å². The highest BCUT2D eigenvalue weighted by molar-refractivity contribution is 14.1. The number of fused-ring (bicyclic) bond motifs is 1. The molecule has 0 radical (unpaired) electrons. The van der Waals surface area contributed by atoms with Crippen molar-refractivity contribution < 1.29 is 22.7 Å². The Labute approximate surface area is 125 Å². The topological polar surface area (TPSA) is 65.2 Å². The molecular formula is C12H8F3IN2O2. The molecule has 0 saturated heterocycles. The van der Waals surface area contributed by atoms with E-state index in [2.05, 4.69) is 4.98 Å². The number of benzene rings is 1. The van der Waals surface area contributed by atoms with Gasteiger partial charge in [0, 0.05) is 15.0 Å². The third-order valence-corrected chi connectivity index (χ3v) is 3.06. The lowest BCUT2D eigenvalue weighted by molar-refractivity contribution is -0.141. The molecule has 2 rings (SSSR count). The molecule has 1 aromatic heterocycles. The zero-order valence-electron chi connectivity index (χ0n) is 9.87. The maximum absolute atomic E-state index is 12.8. The average molecular weight is 396 g/mol. The molecule has 2 aromatic rings. The summed E-state index contributed by atoms with van der Waals surface area (Å²) in [6.45, 7) is -0.498. The molecule has 20 heavy (non-hydrogen) atoms. The summed E-state index contributed by atoms with van der Waals surface area (Å²) in [6.07, 6.45) is -4.60. The Morgan fingerprint density at radius 2 is 2.05 bits per heavy atom. The summed E-state index contributed by atoms with van der Waals surface area (Å²) in [5, 5.41) is 0.395. The second-order valence-corrected chi connectivity index (χ2v) is 5.17. The minimum atomic E-state index is -4.60. The van der Waals surface area contributed by atoms with Crippen LogP contribution in [0.4, 0.5) is 13.2 Å². The van der Waals surface area contributed by atoms with Crippen LogP contribution in [0.3, 0.4) is 0 Å². The summed E-state index contributed by atoms with van der Waals surface area (Å²) in [5.74, 6) is -0.839. The number of halogens is 4. The highest BCUT2D eigenvalue weighted by Crippen LogP contribution is 2.34. The molecule has 8 heteroatoms. The number of rotatable bonds is 3. The van der Waals surface area contributed by atoms with E-state index in [0.29, 0.717) is 5.39 Å². The van der Waals surface area contributed by atoms with Gasteiger partial charge in [0.05, 0.1) is 5.52 Å². The second-order valence-electron chi connectivity index (χ2n) is 3.92. The minimum Gasteiger partial charge on any atom is -0.483 e. The third-order valence-electron chi connectivity index (χ3n) is 2.39. The number of nitrogens with two attached hydrogens (primary N) is 1. The molecule has 106 valence electrons. The van der Waals surface area contributed by atoms with Crippen LogP contribution in [0.5, 0.6) is 5.75 Å². The van der Waals surface area contributed by atoms with E-state index < -0.39 is 24.4 Å². The molecule has 0 aliphatic carbocycles. The van der Waals surface area contributed by atoms with E-state index in [-0.39, 0.29) is 11.3 Å². The van der Waals surface area contributed by atoms with Gasteiger partial charge < -0.3 is 10.5 Å². The van der Waals surface area contributed by atoms with Gasteiger partial charge in [-0.3, -0.25) is 4.79 Å². The molecular weight excluding hydrogens is 388 g/mol. The number of pyridine rings is 1. The highest BCUT2D eigenvalue weighted by atomic mass is 127. The number of nitrogens with zero attached hydrogens (tertiary/aromatic N) is 1. The van der Waals surface area contributed by atoms with E-state index in [1.165, 1.54) is 6.07 Å². The van der Waals surface area contributed by atoms with E-state index in [9.17, 15) is 18.0 Å². The van der Waals surface area contributed by atoms with Crippen LogP contribution >= 0.6 is 22.6 Å². The number of carbonyl (C=O) groups is 1. The molecule has 0 bridgehead atoms. The van der Waals surface area contributed by atoms with Crippen LogP contribution in [0.2, 0.25) is 0 Å². The Bertz CT molecular complexity index is 674. The highest BCUT2D eigenvalue weighted by Gasteiger charge is 2.33. The lowest BCUT2D eigenvalue weighted by atomic mass is 10.2. The Morgan fingerprint density at radius 3 is 2.65 bits per heavy atom. The van der Waals surface area contributed by atoms with E-state index in [4.69, 9.17) is 10.5 Å². The van der Waals surface area contributed by atoms with E-state index >= 15 is 0 Å². The molecule has 0 saturated carbocycles. The zero-order chi connectivity index (χ0) is 14.9. The Balaban J connectivity index is 2.60. The molecule has 1 aromatic carbocycles. The summed E-state index contributed by atoms with van der Waals surface area (Å²) >= 11 is 2.01. The van der Waals surface area contributed by atoms with Crippen LogP contribution < -0.4 is 10.5 Å². The van der Waals surface area contributed by atoms with Gasteiger partial charge in [-0.05, 0) is 40.8 Å². The van der Waals surface area contributed by atoms with E-state index in [1.807, 2.05) is 22.6 Å². The maximum Gasteiger partial charge on any atom is 0.433 e. The molecule has 4 nitrogen and oxygen atoms in total. The van der Waals surface area contributed by atoms with Crippen molar-refractivity contribution in [2.24, 2.45) is 5.73 Å². The zero-order valence-corrected chi connectivity index (χ0v) is 12.0. The van der Waals surface area contributed by atoms with Gasteiger partial charge in [-0.15, -0.1) is 0 Å². The van der Waals surface area contributed by atoms with Crippen molar-refractivity contribution in [2.75, 3.05) is 6.61 Å².